The van der Waals surface area contributed by atoms with Gasteiger partial charge in [-0.3, -0.25) is 0 Å². The topological polar surface area (TPSA) is 18.5 Å². The van der Waals surface area contributed by atoms with Crippen LogP contribution in [0.1, 0.15) is 53.2 Å². The van der Waals surface area contributed by atoms with Crippen molar-refractivity contribution < 1.29 is 10.8 Å². The second kappa shape index (κ2) is 12.9. The zero-order valence-corrected chi connectivity index (χ0v) is 9.59. The van der Waals surface area contributed by atoms with Gasteiger partial charge in [-0.1, -0.05) is 32.6 Å². The molecule has 0 amide bonds. The van der Waals surface area contributed by atoms with Gasteiger partial charge in [0.15, 0.2) is 0 Å². The Kier molecular flexibility index (Phi) is 11.1. The fourth-order valence-electron chi connectivity index (χ4n) is 1.29. The third-order valence-corrected chi connectivity index (χ3v) is 2.18. The summed E-state index contributed by atoms with van der Waals surface area (Å²) in [5.74, 6) is 0. The second-order valence-electron chi connectivity index (χ2n) is 3.58. The number of unbranched alkanes of at least 4 members (excludes halogenated alkanes) is 5. The maximum absolute atomic E-state index is 6.98. The van der Waals surface area contributed by atoms with Crippen LogP contribution in [0.4, 0.5) is 0 Å². The Morgan fingerprint density at radius 1 is 0.857 bits per heavy atom. The van der Waals surface area contributed by atoms with Crippen LogP contribution in [0.3, 0.4) is 0 Å². The van der Waals surface area contributed by atoms with E-state index in [-0.39, 0.29) is 0 Å². The molecular formula is C12H26O2. The lowest BCUT2D eigenvalue weighted by Gasteiger charge is -2.03. The highest BCUT2D eigenvalue weighted by atomic mass is 16.5. The molecule has 0 aliphatic carbocycles. The first-order valence-corrected chi connectivity index (χ1v) is 5.77. The van der Waals surface area contributed by atoms with Gasteiger partial charge in [0.25, 0.3) is 0 Å². The van der Waals surface area contributed by atoms with Gasteiger partial charge in [-0.2, -0.15) is 0 Å². The molecule has 0 saturated carbocycles. The zero-order valence-electron chi connectivity index (χ0n) is 10.6. The lowest BCUT2D eigenvalue weighted by atomic mass is 10.2. The molecule has 86 valence electrons. The van der Waals surface area contributed by atoms with Crippen LogP contribution < -0.4 is 0 Å². The smallest absolute Gasteiger partial charge is 0.0466 e. The molecule has 0 N–H and O–H groups in total. The van der Waals surface area contributed by atoms with Crippen LogP contribution in [0.15, 0.2) is 0 Å². The summed E-state index contributed by atoms with van der Waals surface area (Å²) in [6.45, 7) is 3.21. The lowest BCUT2D eigenvalue weighted by molar-refractivity contribution is 0.125. The molecule has 0 atom stereocenters. The van der Waals surface area contributed by atoms with Crippen molar-refractivity contribution in [2.24, 2.45) is 0 Å². The first-order valence-electron chi connectivity index (χ1n) is 6.48. The van der Waals surface area contributed by atoms with Crippen LogP contribution in [0.2, 0.25) is 0 Å². The standard InChI is InChI=1S/C12H26O2/c1-3-4-7-11-14-12-9-6-5-8-10-13-2/h3-12H2,1-2H3/i1D. The van der Waals surface area contributed by atoms with Gasteiger partial charge in [0.2, 0.25) is 0 Å². The molecule has 0 aromatic heterocycles. The molecule has 0 bridgehead atoms. The average Bonchev–Trinajstić information content (AvgIpc) is 2.26. The molecule has 0 aromatic rings. The highest BCUT2D eigenvalue weighted by Gasteiger charge is 1.91. The predicted octanol–water partition coefficient (Wildman–Crippen LogP) is 3.40. The largest absolute Gasteiger partial charge is 0.385 e. The van der Waals surface area contributed by atoms with Gasteiger partial charge in [-0.05, 0) is 19.3 Å². The van der Waals surface area contributed by atoms with Gasteiger partial charge < -0.3 is 9.47 Å². The second-order valence-corrected chi connectivity index (χ2v) is 3.58. The maximum Gasteiger partial charge on any atom is 0.0466 e. The van der Waals surface area contributed by atoms with Crippen molar-refractivity contribution in [1.82, 2.24) is 0 Å². The highest BCUT2D eigenvalue weighted by molar-refractivity contribution is 4.43. The number of hydrogen-bond donors (Lipinski definition) is 0. The Morgan fingerprint density at radius 3 is 2.14 bits per heavy atom. The third kappa shape index (κ3) is 11.9. The molecule has 14 heavy (non-hydrogen) atoms. The third-order valence-electron chi connectivity index (χ3n) is 2.18. The van der Waals surface area contributed by atoms with E-state index in [1.165, 1.54) is 25.7 Å². The molecule has 0 spiro atoms. The highest BCUT2D eigenvalue weighted by Crippen LogP contribution is 2.01. The molecule has 0 unspecified atom stereocenters. The van der Waals surface area contributed by atoms with Crippen LogP contribution in [-0.4, -0.2) is 26.9 Å². The van der Waals surface area contributed by atoms with Crippen LogP contribution >= 0.6 is 0 Å². The van der Waals surface area contributed by atoms with Crippen molar-refractivity contribution in [2.75, 3.05) is 26.9 Å². The van der Waals surface area contributed by atoms with Crippen LogP contribution in [-0.2, 0) is 9.47 Å². The molecule has 0 radical (unpaired) electrons. The number of ether oxygens (including phenoxy) is 2. The molecule has 0 heterocycles. The summed E-state index contributed by atoms with van der Waals surface area (Å²) < 4.78 is 17.5. The summed E-state index contributed by atoms with van der Waals surface area (Å²) in [5, 5.41) is 0. The summed E-state index contributed by atoms with van der Waals surface area (Å²) in [5.41, 5.74) is 0. The molecule has 0 aromatic carbocycles. The summed E-state index contributed by atoms with van der Waals surface area (Å²) in [6, 6.07) is 0. The SMILES string of the molecule is [2H]CCCCCOCCCCCCOC. The Hall–Kier alpha value is -0.0800. The molecule has 0 rings (SSSR count). The van der Waals surface area contributed by atoms with Gasteiger partial charge in [-0.25, -0.2) is 0 Å². The maximum atomic E-state index is 6.98. The Bertz CT molecular complexity index is 97.8. The van der Waals surface area contributed by atoms with Crippen molar-refractivity contribution in [3.63, 3.8) is 0 Å². The average molecular weight is 203 g/mol. The van der Waals surface area contributed by atoms with E-state index in [9.17, 15) is 0 Å². The molecule has 0 saturated heterocycles. The Morgan fingerprint density at radius 2 is 1.50 bits per heavy atom. The first kappa shape index (κ1) is 12.0. The van der Waals surface area contributed by atoms with Crippen LogP contribution in [0, 0.1) is 0 Å². The van der Waals surface area contributed by atoms with Crippen molar-refractivity contribution >= 4 is 0 Å². The van der Waals surface area contributed by atoms with E-state index >= 15 is 0 Å². The normalized spacial score (nSPS) is 11.6. The lowest BCUT2D eigenvalue weighted by Crippen LogP contribution is -1.97. The Labute approximate surface area is 90.4 Å². The van der Waals surface area contributed by atoms with E-state index in [2.05, 4.69) is 0 Å². The van der Waals surface area contributed by atoms with Crippen LogP contribution in [0.5, 0.6) is 0 Å². The van der Waals surface area contributed by atoms with E-state index < -0.39 is 0 Å². The van der Waals surface area contributed by atoms with Crippen molar-refractivity contribution in [1.29, 1.82) is 0 Å². The number of rotatable bonds is 11. The van der Waals surface area contributed by atoms with E-state index in [0.29, 0.717) is 6.90 Å². The van der Waals surface area contributed by atoms with E-state index in [1.54, 1.807) is 7.11 Å². The van der Waals surface area contributed by atoms with Crippen molar-refractivity contribution in [3.8, 4) is 0 Å². The van der Waals surface area contributed by atoms with Crippen molar-refractivity contribution in [3.05, 3.63) is 0 Å². The van der Waals surface area contributed by atoms with Crippen LogP contribution in [0.25, 0.3) is 0 Å². The quantitative estimate of drug-likeness (QED) is 0.479. The predicted molar refractivity (Wildman–Crippen MR) is 60.7 cm³/mol. The number of methoxy groups -OCH3 is 1. The van der Waals surface area contributed by atoms with Gasteiger partial charge in [0, 0.05) is 28.3 Å². The van der Waals surface area contributed by atoms with E-state index in [4.69, 9.17) is 10.8 Å². The summed E-state index contributed by atoms with van der Waals surface area (Å²) in [7, 11) is 1.75. The minimum absolute atomic E-state index is 0.555. The minimum Gasteiger partial charge on any atom is -0.385 e. The zero-order chi connectivity index (χ0) is 11.2. The summed E-state index contributed by atoms with van der Waals surface area (Å²) >= 11 is 0. The molecule has 0 aliphatic rings. The van der Waals surface area contributed by atoms with E-state index in [0.717, 1.165) is 39.1 Å². The fraction of sp³-hybridized carbons (Fsp3) is 1.00. The summed E-state index contributed by atoms with van der Waals surface area (Å²) in [4.78, 5) is 0. The van der Waals surface area contributed by atoms with E-state index in [1.807, 2.05) is 0 Å². The first-order chi connectivity index (χ1) is 7.41. The number of hydrogen-bond acceptors (Lipinski definition) is 2. The monoisotopic (exact) mass is 203 g/mol. The molecule has 0 aliphatic heterocycles. The molecule has 2 nitrogen and oxygen atoms in total. The van der Waals surface area contributed by atoms with Gasteiger partial charge in [0.1, 0.15) is 0 Å². The van der Waals surface area contributed by atoms with Gasteiger partial charge >= 0.3 is 0 Å². The molecule has 2 heteroatoms. The Balaban J connectivity index is 2.81. The summed E-state index contributed by atoms with van der Waals surface area (Å²) in [6.07, 6.45) is 8.09. The molecule has 0 fully saturated rings. The van der Waals surface area contributed by atoms with Gasteiger partial charge in [0.05, 0.1) is 0 Å². The minimum atomic E-state index is 0.555. The van der Waals surface area contributed by atoms with Gasteiger partial charge in [-0.15, -0.1) is 0 Å². The van der Waals surface area contributed by atoms with Crippen molar-refractivity contribution in [2.45, 2.75) is 51.8 Å². The fourth-order valence-corrected chi connectivity index (χ4v) is 1.29. The molecular weight excluding hydrogens is 176 g/mol.